The summed E-state index contributed by atoms with van der Waals surface area (Å²) in [5, 5.41) is 3.27. The summed E-state index contributed by atoms with van der Waals surface area (Å²) < 4.78 is 89.7. The van der Waals surface area contributed by atoms with Gasteiger partial charge in [0, 0.05) is 25.6 Å². The van der Waals surface area contributed by atoms with Gasteiger partial charge >= 0.3 is 6.18 Å². The second kappa shape index (κ2) is 5.49. The van der Waals surface area contributed by atoms with Crippen LogP contribution in [0.4, 0.5) is 30.7 Å². The van der Waals surface area contributed by atoms with E-state index in [4.69, 9.17) is 0 Å². The van der Waals surface area contributed by atoms with Crippen molar-refractivity contribution in [3.8, 4) is 0 Å². The summed E-state index contributed by atoms with van der Waals surface area (Å²) >= 11 is 0. The minimum Gasteiger partial charge on any atom is -0.271 e. The van der Waals surface area contributed by atoms with Crippen molar-refractivity contribution >= 4 is 0 Å². The van der Waals surface area contributed by atoms with Crippen LogP contribution in [-0.4, -0.2) is 15.7 Å². The molecule has 0 bridgehead atoms. The van der Waals surface area contributed by atoms with Crippen molar-refractivity contribution in [3.63, 3.8) is 0 Å². The lowest BCUT2D eigenvalue weighted by Gasteiger charge is -2.28. The van der Waals surface area contributed by atoms with E-state index in [1.807, 2.05) is 0 Å². The molecule has 120 valence electrons. The summed E-state index contributed by atoms with van der Waals surface area (Å²) in [6, 6.07) is 0. The minimum absolute atomic E-state index is 0.0636. The van der Waals surface area contributed by atoms with Crippen LogP contribution in [0.1, 0.15) is 43.4 Å². The van der Waals surface area contributed by atoms with E-state index in [0.29, 0.717) is 6.20 Å². The van der Waals surface area contributed by atoms with Gasteiger partial charge in [-0.1, -0.05) is 0 Å². The summed E-state index contributed by atoms with van der Waals surface area (Å²) in [6.45, 7) is -0.0636. The topological polar surface area (TPSA) is 17.8 Å². The van der Waals surface area contributed by atoms with Crippen LogP contribution in [0.2, 0.25) is 0 Å². The molecule has 0 saturated heterocycles. The van der Waals surface area contributed by atoms with E-state index in [1.54, 1.807) is 0 Å². The van der Waals surface area contributed by atoms with Gasteiger partial charge in [0.15, 0.2) is 0 Å². The highest BCUT2D eigenvalue weighted by Gasteiger charge is 2.39. The zero-order chi connectivity index (χ0) is 15.8. The van der Waals surface area contributed by atoms with Crippen molar-refractivity contribution in [2.45, 2.75) is 50.8 Å². The van der Waals surface area contributed by atoms with Gasteiger partial charge in [0.25, 0.3) is 6.43 Å². The molecule has 9 heteroatoms. The second-order valence-electron chi connectivity index (χ2n) is 5.25. The Bertz CT molecular complexity index is 482. The van der Waals surface area contributed by atoms with Gasteiger partial charge in [-0.15, -0.1) is 0 Å². The fourth-order valence-electron chi connectivity index (χ4n) is 2.46. The Hall–Kier alpha value is -1.28. The molecule has 0 aliphatic heterocycles. The molecule has 0 aromatic carbocycles. The first-order valence-corrected chi connectivity index (χ1v) is 6.39. The van der Waals surface area contributed by atoms with Crippen molar-refractivity contribution < 1.29 is 30.7 Å². The fraction of sp³-hybridized carbons (Fsp3) is 0.750. The predicted molar refractivity (Wildman–Crippen MR) is 59.1 cm³/mol. The van der Waals surface area contributed by atoms with Crippen molar-refractivity contribution in [1.29, 1.82) is 0 Å². The molecular weight excluding hydrogens is 305 g/mol. The minimum atomic E-state index is -4.91. The van der Waals surface area contributed by atoms with Crippen molar-refractivity contribution in [2.75, 3.05) is 0 Å². The smallest absolute Gasteiger partial charge is 0.271 e. The van der Waals surface area contributed by atoms with Crippen molar-refractivity contribution in [2.24, 2.45) is 5.92 Å². The van der Waals surface area contributed by atoms with Crippen LogP contribution >= 0.6 is 0 Å². The molecule has 1 aromatic rings. The van der Waals surface area contributed by atoms with Crippen LogP contribution in [0.25, 0.3) is 0 Å². The average molecular weight is 318 g/mol. The SMILES string of the molecule is FC(F)c1nn(CC2CCC(F)(F)CC2)cc1C(F)(F)F. The molecule has 2 nitrogen and oxygen atoms in total. The predicted octanol–water partition coefficient (Wildman–Crippen LogP) is 4.67. The lowest BCUT2D eigenvalue weighted by molar-refractivity contribution is -0.139. The lowest BCUT2D eigenvalue weighted by atomic mass is 9.87. The Morgan fingerprint density at radius 1 is 1.24 bits per heavy atom. The Kier molecular flexibility index (Phi) is 4.21. The maximum atomic E-state index is 13.0. The van der Waals surface area contributed by atoms with E-state index in [-0.39, 0.29) is 38.1 Å². The van der Waals surface area contributed by atoms with Gasteiger partial charge in [-0.2, -0.15) is 18.3 Å². The first-order chi connectivity index (χ1) is 9.58. The molecular formula is C12H13F7N2. The van der Waals surface area contributed by atoms with E-state index < -0.39 is 29.8 Å². The molecule has 21 heavy (non-hydrogen) atoms. The Morgan fingerprint density at radius 3 is 2.24 bits per heavy atom. The highest BCUT2D eigenvalue weighted by atomic mass is 19.4. The highest BCUT2D eigenvalue weighted by Crippen LogP contribution is 2.38. The number of halogens is 7. The summed E-state index contributed by atoms with van der Waals surface area (Å²) in [5.74, 6) is -3.03. The molecule has 0 atom stereocenters. The summed E-state index contributed by atoms with van der Waals surface area (Å²) in [6.07, 6.45) is -8.13. The number of alkyl halides is 7. The summed E-state index contributed by atoms with van der Waals surface area (Å²) in [5.41, 5.74) is -2.79. The van der Waals surface area contributed by atoms with Crippen LogP contribution in [-0.2, 0) is 12.7 Å². The highest BCUT2D eigenvalue weighted by molar-refractivity contribution is 5.21. The molecule has 1 saturated carbocycles. The van der Waals surface area contributed by atoms with Gasteiger partial charge in [-0.3, -0.25) is 4.68 Å². The van der Waals surface area contributed by atoms with Gasteiger partial charge in [-0.05, 0) is 18.8 Å². The average Bonchev–Trinajstić information content (AvgIpc) is 2.76. The first kappa shape index (κ1) is 16.1. The normalized spacial score (nSPS) is 20.2. The molecule has 1 heterocycles. The van der Waals surface area contributed by atoms with Gasteiger partial charge in [0.1, 0.15) is 11.3 Å². The van der Waals surface area contributed by atoms with Gasteiger partial charge < -0.3 is 0 Å². The van der Waals surface area contributed by atoms with Crippen LogP contribution in [0.3, 0.4) is 0 Å². The molecule has 0 amide bonds. The van der Waals surface area contributed by atoms with E-state index >= 15 is 0 Å². The number of hydrogen-bond donors (Lipinski definition) is 0. The van der Waals surface area contributed by atoms with Crippen LogP contribution in [0.5, 0.6) is 0 Å². The molecule has 0 radical (unpaired) electrons. The third-order valence-corrected chi connectivity index (χ3v) is 3.58. The van der Waals surface area contributed by atoms with E-state index in [2.05, 4.69) is 5.10 Å². The fourth-order valence-corrected chi connectivity index (χ4v) is 2.46. The van der Waals surface area contributed by atoms with Gasteiger partial charge in [0.2, 0.25) is 5.92 Å². The van der Waals surface area contributed by atoms with Gasteiger partial charge in [-0.25, -0.2) is 17.6 Å². The Labute approximate surface area is 115 Å². The molecule has 1 aliphatic carbocycles. The largest absolute Gasteiger partial charge is 0.419 e. The van der Waals surface area contributed by atoms with Gasteiger partial charge in [0.05, 0.1) is 0 Å². The summed E-state index contributed by atoms with van der Waals surface area (Å²) in [4.78, 5) is 0. The quantitative estimate of drug-likeness (QED) is 0.741. The third kappa shape index (κ3) is 3.88. The zero-order valence-electron chi connectivity index (χ0n) is 10.8. The van der Waals surface area contributed by atoms with Crippen LogP contribution < -0.4 is 0 Å². The third-order valence-electron chi connectivity index (χ3n) is 3.58. The maximum absolute atomic E-state index is 13.0. The van der Waals surface area contributed by atoms with Crippen molar-refractivity contribution in [3.05, 3.63) is 17.5 Å². The molecule has 0 spiro atoms. The number of hydrogen-bond acceptors (Lipinski definition) is 1. The molecule has 1 aromatic heterocycles. The molecule has 0 unspecified atom stereocenters. The molecule has 1 fully saturated rings. The number of rotatable bonds is 3. The first-order valence-electron chi connectivity index (χ1n) is 6.39. The van der Waals surface area contributed by atoms with E-state index in [1.165, 1.54) is 0 Å². The monoisotopic (exact) mass is 318 g/mol. The standard InChI is InChI=1S/C12H13F7N2/c13-10(14)9-8(12(17,18)19)6-21(20-9)5-7-1-3-11(15,16)4-2-7/h6-7,10H,1-5H2. The molecule has 0 N–H and O–H groups in total. The summed E-state index contributed by atoms with van der Waals surface area (Å²) in [7, 11) is 0. The zero-order valence-corrected chi connectivity index (χ0v) is 10.8. The van der Waals surface area contributed by atoms with E-state index in [0.717, 1.165) is 4.68 Å². The molecule has 1 aliphatic rings. The molecule has 2 rings (SSSR count). The Morgan fingerprint density at radius 2 is 1.81 bits per heavy atom. The number of nitrogens with zero attached hydrogens (tertiary/aromatic N) is 2. The van der Waals surface area contributed by atoms with Crippen LogP contribution in [0, 0.1) is 5.92 Å². The van der Waals surface area contributed by atoms with Crippen molar-refractivity contribution in [1.82, 2.24) is 9.78 Å². The maximum Gasteiger partial charge on any atom is 0.419 e. The second-order valence-corrected chi connectivity index (χ2v) is 5.25. The Balaban J connectivity index is 2.11. The lowest BCUT2D eigenvalue weighted by Crippen LogP contribution is -2.26. The number of aromatic nitrogens is 2. The van der Waals surface area contributed by atoms with E-state index in [9.17, 15) is 30.7 Å². The van der Waals surface area contributed by atoms with Crippen LogP contribution in [0.15, 0.2) is 6.20 Å².